The number of rotatable bonds is 6. The van der Waals surface area contributed by atoms with Gasteiger partial charge in [0.2, 0.25) is 11.8 Å². The van der Waals surface area contributed by atoms with Crippen LogP contribution in [0.3, 0.4) is 0 Å². The molecule has 1 aliphatic heterocycles. The predicted molar refractivity (Wildman–Crippen MR) is 107 cm³/mol. The summed E-state index contributed by atoms with van der Waals surface area (Å²) in [5.41, 5.74) is 6.35. The largest absolute Gasteiger partial charge is 0.484 e. The van der Waals surface area contributed by atoms with E-state index in [1.54, 1.807) is 36.4 Å². The molecule has 3 N–H and O–H groups in total. The molecular formula is C19H17Cl2N3O4. The lowest BCUT2D eigenvalue weighted by molar-refractivity contribution is -0.123. The Labute approximate surface area is 171 Å². The van der Waals surface area contributed by atoms with Crippen LogP contribution in [-0.2, 0) is 14.4 Å². The highest BCUT2D eigenvalue weighted by Crippen LogP contribution is 2.27. The smallest absolute Gasteiger partial charge is 0.262 e. The Bertz CT molecular complexity index is 918. The maximum atomic E-state index is 12.0. The minimum atomic E-state index is -0.484. The molecule has 1 saturated heterocycles. The molecule has 2 aromatic rings. The molecule has 146 valence electrons. The number of hydrogen-bond acceptors (Lipinski definition) is 4. The third-order valence-electron chi connectivity index (χ3n) is 4.25. The van der Waals surface area contributed by atoms with Gasteiger partial charge in [-0.15, -0.1) is 0 Å². The molecule has 0 radical (unpaired) electrons. The van der Waals surface area contributed by atoms with Crippen LogP contribution in [0.2, 0.25) is 10.0 Å². The first-order valence-electron chi connectivity index (χ1n) is 8.41. The fourth-order valence-electron chi connectivity index (χ4n) is 2.80. The van der Waals surface area contributed by atoms with E-state index in [4.69, 9.17) is 33.7 Å². The van der Waals surface area contributed by atoms with Crippen molar-refractivity contribution in [1.29, 1.82) is 0 Å². The molecule has 7 nitrogen and oxygen atoms in total. The van der Waals surface area contributed by atoms with Gasteiger partial charge >= 0.3 is 0 Å². The lowest BCUT2D eigenvalue weighted by Crippen LogP contribution is -2.28. The number of nitrogens with two attached hydrogens (primary N) is 1. The topological polar surface area (TPSA) is 102 Å². The van der Waals surface area contributed by atoms with Gasteiger partial charge in [0.1, 0.15) is 5.75 Å². The number of nitrogens with one attached hydrogen (secondary N) is 1. The van der Waals surface area contributed by atoms with Crippen LogP contribution in [0.5, 0.6) is 5.75 Å². The van der Waals surface area contributed by atoms with Crippen LogP contribution in [0.4, 0.5) is 11.4 Å². The van der Waals surface area contributed by atoms with E-state index in [0.29, 0.717) is 27.2 Å². The summed E-state index contributed by atoms with van der Waals surface area (Å²) in [6.07, 6.45) is 0.112. The van der Waals surface area contributed by atoms with E-state index in [0.717, 1.165) is 0 Å². The second-order valence-corrected chi connectivity index (χ2v) is 7.11. The number of carbonyl (C=O) groups is 3. The molecule has 1 fully saturated rings. The third-order valence-corrected chi connectivity index (χ3v) is 4.80. The predicted octanol–water partition coefficient (Wildman–Crippen LogP) is 2.85. The normalized spacial score (nSPS) is 16.1. The minimum absolute atomic E-state index is 0.112. The van der Waals surface area contributed by atoms with E-state index in [9.17, 15) is 14.4 Å². The van der Waals surface area contributed by atoms with Gasteiger partial charge in [0.25, 0.3) is 5.91 Å². The molecule has 9 heteroatoms. The first-order valence-corrected chi connectivity index (χ1v) is 9.16. The minimum Gasteiger partial charge on any atom is -0.484 e. The Kier molecular flexibility index (Phi) is 6.06. The molecule has 0 aliphatic carbocycles. The molecule has 3 rings (SSSR count). The Morgan fingerprint density at radius 1 is 1.18 bits per heavy atom. The second kappa shape index (κ2) is 8.50. The number of benzene rings is 2. The van der Waals surface area contributed by atoms with Crippen molar-refractivity contribution < 1.29 is 19.1 Å². The van der Waals surface area contributed by atoms with E-state index in [2.05, 4.69) is 5.32 Å². The van der Waals surface area contributed by atoms with Crippen LogP contribution in [0.25, 0.3) is 0 Å². The van der Waals surface area contributed by atoms with Gasteiger partial charge in [-0.3, -0.25) is 14.4 Å². The van der Waals surface area contributed by atoms with Gasteiger partial charge in [-0.1, -0.05) is 23.2 Å². The van der Waals surface area contributed by atoms with Gasteiger partial charge in [0, 0.05) is 23.7 Å². The Balaban J connectivity index is 1.55. The zero-order chi connectivity index (χ0) is 20.3. The third kappa shape index (κ3) is 4.74. The molecule has 0 spiro atoms. The molecule has 1 unspecified atom stereocenters. The summed E-state index contributed by atoms with van der Waals surface area (Å²) in [5.74, 6) is -1.04. The molecule has 1 aliphatic rings. The number of anilines is 2. The van der Waals surface area contributed by atoms with Crippen molar-refractivity contribution in [1.82, 2.24) is 0 Å². The summed E-state index contributed by atoms with van der Waals surface area (Å²) in [7, 11) is 0. The van der Waals surface area contributed by atoms with E-state index in [-0.39, 0.29) is 31.4 Å². The van der Waals surface area contributed by atoms with Crippen molar-refractivity contribution in [2.75, 3.05) is 23.4 Å². The fourth-order valence-corrected chi connectivity index (χ4v) is 3.25. The van der Waals surface area contributed by atoms with Crippen molar-refractivity contribution in [3.8, 4) is 5.75 Å². The maximum absolute atomic E-state index is 12.0. The van der Waals surface area contributed by atoms with Gasteiger partial charge in [-0.25, -0.2) is 0 Å². The highest BCUT2D eigenvalue weighted by atomic mass is 35.5. The standard InChI is InChI=1S/C19H17Cl2N3O4/c20-12-1-6-16(15(21)8-12)23-17(25)10-28-14-4-2-13(3-5-14)24-9-11(19(22)27)7-18(24)26/h1-6,8,11H,7,9-10H2,(H2,22,27)(H,23,25). The monoisotopic (exact) mass is 421 g/mol. The van der Waals surface area contributed by atoms with Gasteiger partial charge in [-0.2, -0.15) is 0 Å². The highest BCUT2D eigenvalue weighted by molar-refractivity contribution is 6.36. The van der Waals surface area contributed by atoms with Crippen molar-refractivity contribution in [3.05, 3.63) is 52.5 Å². The summed E-state index contributed by atoms with van der Waals surface area (Å²) in [6, 6.07) is 11.4. The number of nitrogens with zero attached hydrogens (tertiary/aromatic N) is 1. The van der Waals surface area contributed by atoms with Crippen LogP contribution in [0.1, 0.15) is 6.42 Å². The van der Waals surface area contributed by atoms with Crippen LogP contribution in [0, 0.1) is 5.92 Å². The van der Waals surface area contributed by atoms with Crippen LogP contribution in [0.15, 0.2) is 42.5 Å². The summed E-state index contributed by atoms with van der Waals surface area (Å²) in [4.78, 5) is 36.8. The molecule has 0 aromatic heterocycles. The Hall–Kier alpha value is -2.77. The quantitative estimate of drug-likeness (QED) is 0.748. The number of primary amides is 1. The average Bonchev–Trinajstić information content (AvgIpc) is 3.05. The van der Waals surface area contributed by atoms with Crippen molar-refractivity contribution >= 4 is 52.3 Å². The Morgan fingerprint density at radius 3 is 2.50 bits per heavy atom. The number of amides is 3. The van der Waals surface area contributed by atoms with Crippen molar-refractivity contribution in [3.63, 3.8) is 0 Å². The van der Waals surface area contributed by atoms with Gasteiger partial charge in [-0.05, 0) is 42.5 Å². The van der Waals surface area contributed by atoms with Gasteiger partial charge in [0.15, 0.2) is 6.61 Å². The van der Waals surface area contributed by atoms with E-state index < -0.39 is 11.8 Å². The summed E-state index contributed by atoms with van der Waals surface area (Å²) in [5, 5.41) is 3.43. The lowest BCUT2D eigenvalue weighted by Gasteiger charge is -2.16. The molecule has 0 saturated carbocycles. The summed E-state index contributed by atoms with van der Waals surface area (Å²) in [6.45, 7) is 0.0450. The number of halogens is 2. The highest BCUT2D eigenvalue weighted by Gasteiger charge is 2.33. The first kappa shape index (κ1) is 20.0. The molecule has 3 amide bonds. The maximum Gasteiger partial charge on any atom is 0.262 e. The SMILES string of the molecule is NC(=O)C1CC(=O)N(c2ccc(OCC(=O)Nc3ccc(Cl)cc3Cl)cc2)C1. The average molecular weight is 422 g/mol. The second-order valence-electron chi connectivity index (χ2n) is 6.26. The first-order chi connectivity index (χ1) is 13.3. The zero-order valence-corrected chi connectivity index (χ0v) is 16.2. The zero-order valence-electron chi connectivity index (χ0n) is 14.7. The fraction of sp³-hybridized carbons (Fsp3) is 0.211. The molecule has 1 atom stereocenters. The summed E-state index contributed by atoms with van der Waals surface area (Å²) >= 11 is 11.8. The van der Waals surface area contributed by atoms with Crippen molar-refractivity contribution in [2.24, 2.45) is 11.7 Å². The van der Waals surface area contributed by atoms with Crippen molar-refractivity contribution in [2.45, 2.75) is 6.42 Å². The van der Waals surface area contributed by atoms with Gasteiger partial charge < -0.3 is 20.7 Å². The van der Waals surface area contributed by atoms with Crippen LogP contribution < -0.4 is 20.7 Å². The summed E-state index contributed by atoms with van der Waals surface area (Å²) < 4.78 is 5.45. The van der Waals surface area contributed by atoms with E-state index >= 15 is 0 Å². The number of carbonyl (C=O) groups excluding carboxylic acids is 3. The van der Waals surface area contributed by atoms with Gasteiger partial charge in [0.05, 0.1) is 16.6 Å². The van der Waals surface area contributed by atoms with Crippen LogP contribution in [-0.4, -0.2) is 30.9 Å². The van der Waals surface area contributed by atoms with E-state index in [1.165, 1.54) is 11.0 Å². The molecule has 0 bridgehead atoms. The molecular weight excluding hydrogens is 405 g/mol. The number of hydrogen-bond donors (Lipinski definition) is 2. The Morgan fingerprint density at radius 2 is 1.89 bits per heavy atom. The molecule has 28 heavy (non-hydrogen) atoms. The van der Waals surface area contributed by atoms with E-state index in [1.807, 2.05) is 0 Å². The molecule has 2 aromatic carbocycles. The number of ether oxygens (including phenoxy) is 1. The van der Waals surface area contributed by atoms with Crippen LogP contribution >= 0.6 is 23.2 Å². The molecule has 1 heterocycles. The lowest BCUT2D eigenvalue weighted by atomic mass is 10.1.